The van der Waals surface area contributed by atoms with E-state index in [1.807, 2.05) is 13.8 Å². The summed E-state index contributed by atoms with van der Waals surface area (Å²) in [7, 11) is -1.98. The van der Waals surface area contributed by atoms with Gasteiger partial charge in [-0.15, -0.1) is 6.58 Å². The molecule has 0 amide bonds. The molecule has 0 unspecified atom stereocenters. The van der Waals surface area contributed by atoms with Crippen molar-refractivity contribution >= 4 is 8.32 Å². The average Bonchev–Trinajstić information content (AvgIpc) is 2.60. The van der Waals surface area contributed by atoms with Crippen LogP contribution in [0.5, 0.6) is 0 Å². The lowest BCUT2D eigenvalue weighted by Gasteiger charge is -2.40. The van der Waals surface area contributed by atoms with Crippen LogP contribution in [0.1, 0.15) is 34.6 Å². The maximum Gasteiger partial charge on any atom is 0.192 e. The molecule has 1 fully saturated rings. The van der Waals surface area contributed by atoms with Gasteiger partial charge in [0, 0.05) is 0 Å². The summed E-state index contributed by atoms with van der Waals surface area (Å²) in [5, 5.41) is 9.81. The summed E-state index contributed by atoms with van der Waals surface area (Å²) in [4.78, 5) is 0. The molecule has 1 aliphatic heterocycles. The first-order chi connectivity index (χ1) is 8.93. The molecule has 0 spiro atoms. The number of ether oxygens (including phenoxy) is 2. The van der Waals surface area contributed by atoms with Gasteiger partial charge in [0.1, 0.15) is 12.2 Å². The van der Waals surface area contributed by atoms with E-state index in [0.29, 0.717) is 0 Å². The highest BCUT2D eigenvalue weighted by Gasteiger charge is 2.47. The van der Waals surface area contributed by atoms with Crippen LogP contribution >= 0.6 is 0 Å². The van der Waals surface area contributed by atoms with Crippen molar-refractivity contribution in [2.75, 3.05) is 6.61 Å². The minimum atomic E-state index is -1.98. The van der Waals surface area contributed by atoms with Gasteiger partial charge < -0.3 is 19.0 Å². The van der Waals surface area contributed by atoms with Gasteiger partial charge in [-0.1, -0.05) is 26.8 Å². The molecular formula is C15H30O4Si. The fourth-order valence-electron chi connectivity index (χ4n) is 2.05. The Morgan fingerprint density at radius 1 is 1.35 bits per heavy atom. The Kier molecular flexibility index (Phi) is 5.25. The summed E-state index contributed by atoms with van der Waals surface area (Å²) >= 11 is 0. The summed E-state index contributed by atoms with van der Waals surface area (Å²) in [5.74, 6) is -0.673. The highest BCUT2D eigenvalue weighted by atomic mass is 28.4. The minimum absolute atomic E-state index is 0.0824. The first kappa shape index (κ1) is 17.8. The van der Waals surface area contributed by atoms with Crippen molar-refractivity contribution in [2.24, 2.45) is 0 Å². The SMILES string of the molecule is C=C[C@H]1OC(C)(C)O[C@H]1[C@@H](CO)O[Si](C)(C)C(C)(C)C. The van der Waals surface area contributed by atoms with Crippen molar-refractivity contribution in [1.29, 1.82) is 0 Å². The van der Waals surface area contributed by atoms with Crippen LogP contribution in [-0.2, 0) is 13.9 Å². The molecule has 0 aromatic rings. The molecule has 0 bridgehead atoms. The molecule has 1 saturated heterocycles. The van der Waals surface area contributed by atoms with E-state index in [-0.39, 0.29) is 30.0 Å². The summed E-state index contributed by atoms with van der Waals surface area (Å²) in [6.45, 7) is 18.3. The Morgan fingerprint density at radius 2 is 1.90 bits per heavy atom. The number of rotatable bonds is 5. The molecule has 0 aromatic heterocycles. The molecular weight excluding hydrogens is 272 g/mol. The molecule has 1 rings (SSSR count). The van der Waals surface area contributed by atoms with Crippen molar-refractivity contribution < 1.29 is 19.0 Å². The van der Waals surface area contributed by atoms with Gasteiger partial charge in [-0.2, -0.15) is 0 Å². The van der Waals surface area contributed by atoms with Crippen molar-refractivity contribution in [1.82, 2.24) is 0 Å². The standard InChI is InChI=1S/C15H30O4Si/c1-9-11-13(18-15(5,6)17-11)12(10-16)19-20(7,8)14(2,3)4/h9,11-13,16H,1,10H2,2-8H3/t11-,12-,13-/m1/s1. The molecule has 4 nitrogen and oxygen atoms in total. The van der Waals surface area contributed by atoms with E-state index in [1.54, 1.807) is 6.08 Å². The molecule has 0 radical (unpaired) electrons. The Morgan fingerprint density at radius 3 is 2.30 bits per heavy atom. The van der Waals surface area contributed by atoms with Gasteiger partial charge >= 0.3 is 0 Å². The van der Waals surface area contributed by atoms with E-state index in [2.05, 4.69) is 40.4 Å². The van der Waals surface area contributed by atoms with E-state index in [1.165, 1.54) is 0 Å². The molecule has 1 heterocycles. The van der Waals surface area contributed by atoms with Crippen molar-refractivity contribution in [3.63, 3.8) is 0 Å². The van der Waals surface area contributed by atoms with Crippen molar-refractivity contribution in [3.05, 3.63) is 12.7 Å². The second-order valence-electron chi connectivity index (χ2n) is 7.40. The quantitative estimate of drug-likeness (QED) is 0.626. The van der Waals surface area contributed by atoms with E-state index >= 15 is 0 Å². The van der Waals surface area contributed by atoms with Gasteiger partial charge in [0.2, 0.25) is 0 Å². The lowest BCUT2D eigenvalue weighted by Crippen LogP contribution is -2.50. The second kappa shape index (κ2) is 5.89. The highest BCUT2D eigenvalue weighted by molar-refractivity contribution is 6.74. The van der Waals surface area contributed by atoms with Crippen LogP contribution in [0.2, 0.25) is 18.1 Å². The van der Waals surface area contributed by atoms with E-state index in [4.69, 9.17) is 13.9 Å². The fraction of sp³-hybridized carbons (Fsp3) is 0.867. The van der Waals surface area contributed by atoms with E-state index < -0.39 is 14.1 Å². The van der Waals surface area contributed by atoms with Gasteiger partial charge in [0.05, 0.1) is 12.7 Å². The number of aliphatic hydroxyl groups is 1. The number of hydrogen-bond donors (Lipinski definition) is 1. The minimum Gasteiger partial charge on any atom is -0.409 e. The smallest absolute Gasteiger partial charge is 0.192 e. The average molecular weight is 302 g/mol. The molecule has 0 aliphatic carbocycles. The largest absolute Gasteiger partial charge is 0.409 e. The zero-order valence-corrected chi connectivity index (χ0v) is 14.9. The molecule has 1 aliphatic rings. The Hall–Kier alpha value is -0.203. The maximum absolute atomic E-state index is 9.73. The first-order valence-electron chi connectivity index (χ1n) is 7.20. The Bertz CT molecular complexity index is 346. The number of aliphatic hydroxyl groups excluding tert-OH is 1. The summed E-state index contributed by atoms with van der Waals surface area (Å²) < 4.78 is 18.0. The van der Waals surface area contributed by atoms with Crippen LogP contribution in [-0.4, -0.2) is 44.1 Å². The molecule has 5 heteroatoms. The van der Waals surface area contributed by atoms with Gasteiger partial charge in [-0.05, 0) is 32.0 Å². The zero-order valence-electron chi connectivity index (χ0n) is 13.9. The van der Waals surface area contributed by atoms with Crippen LogP contribution in [0.3, 0.4) is 0 Å². The predicted octanol–water partition coefficient (Wildman–Crippen LogP) is 3.08. The third-order valence-corrected chi connectivity index (χ3v) is 8.70. The molecule has 3 atom stereocenters. The normalized spacial score (nSPS) is 28.4. The molecule has 20 heavy (non-hydrogen) atoms. The lowest BCUT2D eigenvalue weighted by molar-refractivity contribution is -0.154. The van der Waals surface area contributed by atoms with E-state index in [9.17, 15) is 5.11 Å². The summed E-state index contributed by atoms with van der Waals surface area (Å²) in [6, 6.07) is 0. The van der Waals surface area contributed by atoms with Gasteiger partial charge in [-0.3, -0.25) is 0 Å². The van der Waals surface area contributed by atoms with Crippen molar-refractivity contribution in [2.45, 2.75) is 76.8 Å². The molecule has 1 N–H and O–H groups in total. The highest BCUT2D eigenvalue weighted by Crippen LogP contribution is 2.39. The third-order valence-electron chi connectivity index (χ3n) is 4.19. The van der Waals surface area contributed by atoms with E-state index in [0.717, 1.165) is 0 Å². The van der Waals surface area contributed by atoms with Crippen LogP contribution in [0.15, 0.2) is 12.7 Å². The zero-order chi connectivity index (χ0) is 15.8. The van der Waals surface area contributed by atoms with Crippen LogP contribution in [0.4, 0.5) is 0 Å². The summed E-state index contributed by atoms with van der Waals surface area (Å²) in [6.07, 6.45) is 0.756. The maximum atomic E-state index is 9.73. The third kappa shape index (κ3) is 3.92. The predicted molar refractivity (Wildman–Crippen MR) is 83.2 cm³/mol. The van der Waals surface area contributed by atoms with Crippen LogP contribution in [0, 0.1) is 0 Å². The molecule has 118 valence electrons. The number of hydrogen-bond acceptors (Lipinski definition) is 4. The molecule has 0 saturated carbocycles. The van der Waals surface area contributed by atoms with Crippen molar-refractivity contribution in [3.8, 4) is 0 Å². The Labute approximate surface area is 124 Å². The lowest BCUT2D eigenvalue weighted by atomic mass is 10.1. The Balaban J connectivity index is 2.89. The first-order valence-corrected chi connectivity index (χ1v) is 10.1. The van der Waals surface area contributed by atoms with Gasteiger partial charge in [-0.25, -0.2) is 0 Å². The molecule has 0 aromatic carbocycles. The monoisotopic (exact) mass is 302 g/mol. The van der Waals surface area contributed by atoms with Gasteiger partial charge in [0.25, 0.3) is 0 Å². The second-order valence-corrected chi connectivity index (χ2v) is 12.2. The summed E-state index contributed by atoms with van der Waals surface area (Å²) in [5.41, 5.74) is 0. The van der Waals surface area contributed by atoms with Gasteiger partial charge in [0.15, 0.2) is 14.1 Å². The topological polar surface area (TPSA) is 47.9 Å². The fourth-order valence-corrected chi connectivity index (χ4v) is 3.37. The van der Waals surface area contributed by atoms with Crippen LogP contribution in [0.25, 0.3) is 0 Å². The van der Waals surface area contributed by atoms with Crippen LogP contribution < -0.4 is 0 Å².